The summed E-state index contributed by atoms with van der Waals surface area (Å²) in [6.07, 6.45) is 4.21. The lowest BCUT2D eigenvalue weighted by Crippen LogP contribution is -2.14. The minimum absolute atomic E-state index is 0.0380. The lowest BCUT2D eigenvalue weighted by atomic mass is 10.2. The number of aromatic amines is 1. The van der Waals surface area contributed by atoms with Crippen molar-refractivity contribution in [2.75, 3.05) is 7.05 Å². The van der Waals surface area contributed by atoms with Gasteiger partial charge in [-0.15, -0.1) is 10.2 Å². The van der Waals surface area contributed by atoms with E-state index in [2.05, 4.69) is 27.4 Å². The molecule has 2 heterocycles. The van der Waals surface area contributed by atoms with E-state index in [-0.39, 0.29) is 11.5 Å². The Balaban J connectivity index is 2.36. The molecule has 2 aromatic heterocycles. The number of nitrogens with zero attached hydrogens (tertiary/aromatic N) is 2. The quantitative estimate of drug-likeness (QED) is 0.864. The van der Waals surface area contributed by atoms with E-state index in [4.69, 9.17) is 0 Å². The molecule has 0 radical (unpaired) electrons. The lowest BCUT2D eigenvalue weighted by molar-refractivity contribution is 0.568. The fourth-order valence-corrected chi connectivity index (χ4v) is 2.63. The number of rotatable bonds is 4. The maximum atomic E-state index is 11.6. The molecule has 0 aliphatic rings. The van der Waals surface area contributed by atoms with Crippen molar-refractivity contribution in [3.8, 4) is 10.6 Å². The van der Waals surface area contributed by atoms with Crippen LogP contribution in [0.15, 0.2) is 23.3 Å². The van der Waals surface area contributed by atoms with Crippen LogP contribution in [0.25, 0.3) is 10.6 Å². The second kappa shape index (κ2) is 5.20. The summed E-state index contributed by atoms with van der Waals surface area (Å²) in [5, 5.41) is 12.9. The molecule has 1 atom stereocenters. The Hall–Kier alpha value is -1.53. The maximum absolute atomic E-state index is 11.6. The van der Waals surface area contributed by atoms with E-state index in [1.165, 1.54) is 17.4 Å². The van der Waals surface area contributed by atoms with Crippen LogP contribution in [0.5, 0.6) is 0 Å². The fraction of sp³-hybridized carbons (Fsp3) is 0.364. The van der Waals surface area contributed by atoms with Gasteiger partial charge in [0.05, 0.1) is 11.6 Å². The summed E-state index contributed by atoms with van der Waals surface area (Å²) in [4.78, 5) is 14.5. The molecule has 2 N–H and O–H groups in total. The van der Waals surface area contributed by atoms with Gasteiger partial charge in [0.1, 0.15) is 5.01 Å². The van der Waals surface area contributed by atoms with E-state index in [0.717, 1.165) is 11.4 Å². The molecule has 0 saturated heterocycles. The molecule has 6 heteroatoms. The van der Waals surface area contributed by atoms with Crippen LogP contribution < -0.4 is 10.7 Å². The Kier molecular flexibility index (Phi) is 3.65. The van der Waals surface area contributed by atoms with Crippen molar-refractivity contribution in [3.63, 3.8) is 0 Å². The number of hydrogen-bond donors (Lipinski definition) is 2. The molecule has 5 nitrogen and oxygen atoms in total. The van der Waals surface area contributed by atoms with Crippen molar-refractivity contribution < 1.29 is 0 Å². The van der Waals surface area contributed by atoms with Crippen LogP contribution in [-0.2, 0) is 0 Å². The van der Waals surface area contributed by atoms with Crippen molar-refractivity contribution in [1.82, 2.24) is 20.5 Å². The van der Waals surface area contributed by atoms with Crippen molar-refractivity contribution in [3.05, 3.63) is 33.7 Å². The third kappa shape index (κ3) is 2.42. The van der Waals surface area contributed by atoms with Gasteiger partial charge in [0.25, 0.3) is 0 Å². The van der Waals surface area contributed by atoms with Gasteiger partial charge in [0.15, 0.2) is 10.4 Å². The van der Waals surface area contributed by atoms with Crippen molar-refractivity contribution in [2.24, 2.45) is 0 Å². The number of H-pyrrole nitrogens is 1. The zero-order valence-corrected chi connectivity index (χ0v) is 10.5. The summed E-state index contributed by atoms with van der Waals surface area (Å²) >= 11 is 1.45. The fourth-order valence-electron chi connectivity index (χ4n) is 1.57. The molecule has 0 spiro atoms. The van der Waals surface area contributed by atoms with Gasteiger partial charge in [0.2, 0.25) is 0 Å². The minimum atomic E-state index is -0.0380. The first-order valence-corrected chi connectivity index (χ1v) is 6.26. The summed E-state index contributed by atoms with van der Waals surface area (Å²) in [5.41, 5.74) is 0.533. The van der Waals surface area contributed by atoms with E-state index < -0.39 is 0 Å². The molecule has 2 rings (SSSR count). The van der Waals surface area contributed by atoms with Crippen LogP contribution in [0.1, 0.15) is 24.4 Å². The molecule has 1 unspecified atom stereocenters. The maximum Gasteiger partial charge on any atom is 0.191 e. The Morgan fingerprint density at radius 1 is 1.53 bits per heavy atom. The molecule has 90 valence electrons. The summed E-state index contributed by atoms with van der Waals surface area (Å²) in [5.74, 6) is 0. The summed E-state index contributed by atoms with van der Waals surface area (Å²) in [6, 6.07) is 1.69. The van der Waals surface area contributed by atoms with Crippen molar-refractivity contribution in [2.45, 2.75) is 19.4 Å². The third-order valence-electron chi connectivity index (χ3n) is 2.55. The highest BCUT2D eigenvalue weighted by atomic mass is 32.1. The normalized spacial score (nSPS) is 12.6. The Labute approximate surface area is 103 Å². The zero-order valence-electron chi connectivity index (χ0n) is 9.73. The molecule has 0 aromatic carbocycles. The summed E-state index contributed by atoms with van der Waals surface area (Å²) in [6.45, 7) is 2.08. The van der Waals surface area contributed by atoms with Gasteiger partial charge in [0, 0.05) is 18.5 Å². The number of nitrogens with one attached hydrogen (secondary N) is 2. The highest BCUT2D eigenvalue weighted by Gasteiger charge is 2.15. The van der Waals surface area contributed by atoms with Crippen LogP contribution in [-0.4, -0.2) is 22.2 Å². The average molecular weight is 250 g/mol. The van der Waals surface area contributed by atoms with E-state index >= 15 is 0 Å². The van der Waals surface area contributed by atoms with Gasteiger partial charge >= 0.3 is 0 Å². The Bertz CT molecular complexity index is 544. The van der Waals surface area contributed by atoms with E-state index in [9.17, 15) is 4.79 Å². The third-order valence-corrected chi connectivity index (χ3v) is 3.62. The molecule has 0 aliphatic heterocycles. The predicted molar refractivity (Wildman–Crippen MR) is 68.1 cm³/mol. The molecule has 17 heavy (non-hydrogen) atoms. The van der Waals surface area contributed by atoms with Crippen molar-refractivity contribution >= 4 is 11.3 Å². The van der Waals surface area contributed by atoms with Gasteiger partial charge in [-0.25, -0.2) is 0 Å². The second-order valence-electron chi connectivity index (χ2n) is 3.62. The topological polar surface area (TPSA) is 70.7 Å². The average Bonchev–Trinajstić information content (AvgIpc) is 2.81. The van der Waals surface area contributed by atoms with Gasteiger partial charge in [-0.05, 0) is 13.5 Å². The first-order chi connectivity index (χ1) is 8.26. The summed E-state index contributed by atoms with van der Waals surface area (Å²) in [7, 11) is 1.89. The summed E-state index contributed by atoms with van der Waals surface area (Å²) < 4.78 is 0. The molecule has 0 fully saturated rings. The Morgan fingerprint density at radius 2 is 2.35 bits per heavy atom. The molecular weight excluding hydrogens is 236 g/mol. The smallest absolute Gasteiger partial charge is 0.191 e. The van der Waals surface area contributed by atoms with Crippen LogP contribution in [0.3, 0.4) is 0 Å². The highest BCUT2D eigenvalue weighted by Crippen LogP contribution is 2.25. The number of hydrogen-bond acceptors (Lipinski definition) is 5. The van der Waals surface area contributed by atoms with Crippen molar-refractivity contribution in [1.29, 1.82) is 0 Å². The minimum Gasteiger partial charge on any atom is -0.367 e. The predicted octanol–water partition coefficient (Wildman–Crippen LogP) is 1.56. The lowest BCUT2D eigenvalue weighted by Gasteiger charge is -2.07. The zero-order chi connectivity index (χ0) is 12.3. The first kappa shape index (κ1) is 11.9. The number of aromatic nitrogens is 3. The van der Waals surface area contributed by atoms with E-state index in [1.807, 2.05) is 7.05 Å². The van der Waals surface area contributed by atoms with Gasteiger partial charge in [-0.2, -0.15) is 0 Å². The molecular formula is C11H14N4OS. The molecule has 0 saturated carbocycles. The van der Waals surface area contributed by atoms with Gasteiger partial charge in [-0.3, -0.25) is 4.79 Å². The molecule has 0 aliphatic carbocycles. The largest absolute Gasteiger partial charge is 0.367 e. The van der Waals surface area contributed by atoms with E-state index in [0.29, 0.717) is 10.6 Å². The first-order valence-electron chi connectivity index (χ1n) is 5.44. The van der Waals surface area contributed by atoms with Crippen LogP contribution >= 0.6 is 11.3 Å². The molecule has 0 bridgehead atoms. The SMILES string of the molecule is CCC(NC)c1nnc(-c2c[nH]ccc2=O)s1. The standard InChI is InChI=1S/C11H14N4OS/c1-3-8(12-2)11-15-14-10(17-11)7-6-13-5-4-9(7)16/h4-6,8,12H,3H2,1-2H3,(H,13,16). The second-order valence-corrected chi connectivity index (χ2v) is 4.63. The monoisotopic (exact) mass is 250 g/mol. The Morgan fingerprint density at radius 3 is 3.00 bits per heavy atom. The van der Waals surface area contributed by atoms with Gasteiger partial charge in [-0.1, -0.05) is 18.3 Å². The molecule has 0 amide bonds. The van der Waals surface area contributed by atoms with E-state index in [1.54, 1.807) is 12.4 Å². The number of pyridine rings is 1. The van der Waals surface area contributed by atoms with Crippen LogP contribution in [0, 0.1) is 0 Å². The van der Waals surface area contributed by atoms with Gasteiger partial charge < -0.3 is 10.3 Å². The molecule has 2 aromatic rings. The highest BCUT2D eigenvalue weighted by molar-refractivity contribution is 7.14. The van der Waals surface area contributed by atoms with Crippen LogP contribution in [0.2, 0.25) is 0 Å². The van der Waals surface area contributed by atoms with Crippen LogP contribution in [0.4, 0.5) is 0 Å².